The van der Waals surface area contributed by atoms with Gasteiger partial charge in [-0.05, 0) is 30.2 Å². The van der Waals surface area contributed by atoms with Crippen molar-refractivity contribution < 1.29 is 9.52 Å². The quantitative estimate of drug-likeness (QED) is 0.604. The highest BCUT2D eigenvalue weighted by Crippen LogP contribution is 2.29. The second-order valence-corrected chi connectivity index (χ2v) is 5.75. The number of hydrogen-bond acceptors (Lipinski definition) is 3. The number of fused-ring (bicyclic) bond motifs is 1. The predicted octanol–water partition coefficient (Wildman–Crippen LogP) is 4.03. The summed E-state index contributed by atoms with van der Waals surface area (Å²) in [5.41, 5.74) is 3.20. The number of aliphatic hydroxyl groups excluding tert-OH is 1. The topological polar surface area (TPSA) is 51.2 Å². The van der Waals surface area contributed by atoms with E-state index in [1.54, 1.807) is 6.07 Å². The monoisotopic (exact) mass is 318 g/mol. The van der Waals surface area contributed by atoms with Gasteiger partial charge < -0.3 is 9.52 Å². The van der Waals surface area contributed by atoms with Gasteiger partial charge in [-0.3, -0.25) is 4.68 Å². The van der Waals surface area contributed by atoms with Crippen LogP contribution in [0.4, 0.5) is 0 Å². The fourth-order valence-electron chi connectivity index (χ4n) is 2.95. The molecule has 24 heavy (non-hydrogen) atoms. The van der Waals surface area contributed by atoms with E-state index >= 15 is 0 Å². The molecule has 4 aromatic rings. The molecule has 2 aromatic heterocycles. The van der Waals surface area contributed by atoms with E-state index in [0.29, 0.717) is 11.5 Å². The van der Waals surface area contributed by atoms with Crippen molar-refractivity contribution in [2.24, 2.45) is 0 Å². The molecule has 0 aliphatic heterocycles. The molecule has 0 radical (unpaired) electrons. The first-order valence-corrected chi connectivity index (χ1v) is 8.04. The van der Waals surface area contributed by atoms with E-state index in [4.69, 9.17) is 9.52 Å². The summed E-state index contributed by atoms with van der Waals surface area (Å²) in [5, 5.41) is 15.0. The number of furan rings is 1. The molecule has 0 aliphatic carbocycles. The largest absolute Gasteiger partial charge is 0.457 e. The lowest BCUT2D eigenvalue weighted by Crippen LogP contribution is -2.03. The Balaban J connectivity index is 1.71. The zero-order chi connectivity index (χ0) is 16.4. The predicted molar refractivity (Wildman–Crippen MR) is 93.5 cm³/mol. The molecule has 2 aromatic carbocycles. The zero-order valence-electron chi connectivity index (χ0n) is 13.2. The Morgan fingerprint density at radius 3 is 2.50 bits per heavy atom. The van der Waals surface area contributed by atoms with Crippen LogP contribution in [0.25, 0.3) is 22.4 Å². The third kappa shape index (κ3) is 2.72. The van der Waals surface area contributed by atoms with Gasteiger partial charge in [0.15, 0.2) is 5.76 Å². The molecule has 0 saturated carbocycles. The molecule has 4 heteroatoms. The van der Waals surface area contributed by atoms with Gasteiger partial charge in [-0.25, -0.2) is 0 Å². The van der Waals surface area contributed by atoms with Gasteiger partial charge in [-0.1, -0.05) is 48.5 Å². The Morgan fingerprint density at radius 1 is 0.917 bits per heavy atom. The minimum absolute atomic E-state index is 0.105. The van der Waals surface area contributed by atoms with E-state index in [1.807, 2.05) is 28.9 Å². The zero-order valence-corrected chi connectivity index (χ0v) is 13.2. The second-order valence-electron chi connectivity index (χ2n) is 5.75. The van der Waals surface area contributed by atoms with Crippen LogP contribution in [0.3, 0.4) is 0 Å². The first-order valence-electron chi connectivity index (χ1n) is 8.04. The molecule has 0 aliphatic rings. The first-order chi connectivity index (χ1) is 11.8. The molecule has 0 bridgehead atoms. The van der Waals surface area contributed by atoms with E-state index < -0.39 is 0 Å². The van der Waals surface area contributed by atoms with Crippen molar-refractivity contribution >= 4 is 10.9 Å². The van der Waals surface area contributed by atoms with Gasteiger partial charge in [-0.2, -0.15) is 5.10 Å². The lowest BCUT2D eigenvalue weighted by molar-refractivity contribution is 0.248. The Hall–Kier alpha value is -2.85. The molecule has 0 atom stereocenters. The molecule has 0 amide bonds. The maximum Gasteiger partial charge on any atom is 0.155 e. The third-order valence-electron chi connectivity index (χ3n) is 4.16. The molecule has 0 saturated heterocycles. The summed E-state index contributed by atoms with van der Waals surface area (Å²) in [5.74, 6) is 1.24. The molecule has 0 unspecified atom stereocenters. The summed E-state index contributed by atoms with van der Waals surface area (Å²) >= 11 is 0. The van der Waals surface area contributed by atoms with Crippen LogP contribution in [0.5, 0.6) is 0 Å². The highest BCUT2D eigenvalue weighted by Gasteiger charge is 2.15. The van der Waals surface area contributed by atoms with Crippen LogP contribution < -0.4 is 0 Å². The SMILES string of the molecule is OCc1ccc(-c2nn(CCc3ccccc3)c3ccccc23)o1. The molecule has 4 rings (SSSR count). The van der Waals surface area contributed by atoms with E-state index in [9.17, 15) is 5.11 Å². The van der Waals surface area contributed by atoms with Crippen LogP contribution in [0, 0.1) is 0 Å². The normalized spacial score (nSPS) is 11.2. The molecule has 120 valence electrons. The van der Waals surface area contributed by atoms with Crippen LogP contribution in [0.15, 0.2) is 71.1 Å². The lowest BCUT2D eigenvalue weighted by Gasteiger charge is -2.03. The molecular formula is C20H18N2O2. The fraction of sp³-hybridized carbons (Fsp3) is 0.150. The molecule has 2 heterocycles. The summed E-state index contributed by atoms with van der Waals surface area (Å²) in [4.78, 5) is 0. The van der Waals surface area contributed by atoms with Gasteiger partial charge in [0.25, 0.3) is 0 Å². The lowest BCUT2D eigenvalue weighted by atomic mass is 10.1. The smallest absolute Gasteiger partial charge is 0.155 e. The van der Waals surface area contributed by atoms with Crippen molar-refractivity contribution in [3.05, 3.63) is 78.1 Å². The Bertz CT molecular complexity index is 954. The van der Waals surface area contributed by atoms with E-state index in [-0.39, 0.29) is 6.61 Å². The molecule has 4 nitrogen and oxygen atoms in total. The Labute approximate surface area is 140 Å². The maximum atomic E-state index is 9.21. The number of benzene rings is 2. The molecule has 0 fully saturated rings. The summed E-state index contributed by atoms with van der Waals surface area (Å²) in [6, 6.07) is 22.2. The van der Waals surface area contributed by atoms with Crippen molar-refractivity contribution in [1.29, 1.82) is 0 Å². The number of hydrogen-bond donors (Lipinski definition) is 1. The van der Waals surface area contributed by atoms with Crippen molar-refractivity contribution in [1.82, 2.24) is 9.78 Å². The molecular weight excluding hydrogens is 300 g/mol. The van der Waals surface area contributed by atoms with Gasteiger partial charge in [0.1, 0.15) is 18.1 Å². The van der Waals surface area contributed by atoms with Gasteiger partial charge in [0, 0.05) is 11.9 Å². The Morgan fingerprint density at radius 2 is 1.71 bits per heavy atom. The van der Waals surface area contributed by atoms with Crippen LogP contribution in [0.2, 0.25) is 0 Å². The maximum absolute atomic E-state index is 9.21. The van der Waals surface area contributed by atoms with Gasteiger partial charge in [0.2, 0.25) is 0 Å². The fourth-order valence-corrected chi connectivity index (χ4v) is 2.95. The number of aromatic nitrogens is 2. The number of aryl methyl sites for hydroxylation is 2. The highest BCUT2D eigenvalue weighted by atomic mass is 16.4. The first kappa shape index (κ1) is 14.7. The summed E-state index contributed by atoms with van der Waals surface area (Å²) in [6.45, 7) is 0.699. The van der Waals surface area contributed by atoms with Crippen molar-refractivity contribution in [2.45, 2.75) is 19.6 Å². The van der Waals surface area contributed by atoms with Crippen LogP contribution in [-0.2, 0) is 19.6 Å². The second kappa shape index (κ2) is 6.34. The van der Waals surface area contributed by atoms with E-state index in [0.717, 1.165) is 29.6 Å². The van der Waals surface area contributed by atoms with Gasteiger partial charge in [-0.15, -0.1) is 0 Å². The van der Waals surface area contributed by atoms with Crippen molar-refractivity contribution in [3.8, 4) is 11.5 Å². The Kier molecular flexibility index (Phi) is 3.89. The third-order valence-corrected chi connectivity index (χ3v) is 4.16. The minimum atomic E-state index is -0.105. The summed E-state index contributed by atoms with van der Waals surface area (Å²) in [6.07, 6.45) is 0.923. The number of nitrogens with zero attached hydrogens (tertiary/aromatic N) is 2. The highest BCUT2D eigenvalue weighted by molar-refractivity contribution is 5.92. The minimum Gasteiger partial charge on any atom is -0.457 e. The summed E-state index contributed by atoms with van der Waals surface area (Å²) in [7, 11) is 0. The standard InChI is InChI=1S/C20H18N2O2/c23-14-16-10-11-19(24-16)20-17-8-4-5-9-18(17)22(21-20)13-12-15-6-2-1-3-7-15/h1-11,23H,12-14H2. The van der Waals surface area contributed by atoms with Crippen molar-refractivity contribution in [3.63, 3.8) is 0 Å². The van der Waals surface area contributed by atoms with Crippen LogP contribution >= 0.6 is 0 Å². The van der Waals surface area contributed by atoms with E-state index in [2.05, 4.69) is 36.4 Å². The number of para-hydroxylation sites is 1. The van der Waals surface area contributed by atoms with Crippen LogP contribution in [-0.4, -0.2) is 14.9 Å². The van der Waals surface area contributed by atoms with Gasteiger partial charge in [0.05, 0.1) is 5.52 Å². The van der Waals surface area contributed by atoms with Crippen molar-refractivity contribution in [2.75, 3.05) is 0 Å². The summed E-state index contributed by atoms with van der Waals surface area (Å²) < 4.78 is 7.70. The molecule has 1 N–H and O–H groups in total. The molecule has 0 spiro atoms. The van der Waals surface area contributed by atoms with Gasteiger partial charge >= 0.3 is 0 Å². The van der Waals surface area contributed by atoms with E-state index in [1.165, 1.54) is 5.56 Å². The van der Waals surface area contributed by atoms with Crippen LogP contribution in [0.1, 0.15) is 11.3 Å². The number of rotatable bonds is 5. The average Bonchev–Trinajstić information content (AvgIpc) is 3.25. The number of aliphatic hydroxyl groups is 1. The average molecular weight is 318 g/mol.